The maximum Gasteiger partial charge on any atom is 0.411 e. The lowest BCUT2D eigenvalue weighted by molar-refractivity contribution is -0.154. The summed E-state index contributed by atoms with van der Waals surface area (Å²) in [6.45, 7) is 7.87. The van der Waals surface area contributed by atoms with Crippen molar-refractivity contribution in [1.29, 1.82) is 0 Å². The van der Waals surface area contributed by atoms with Gasteiger partial charge in [-0.3, -0.25) is 10.1 Å². The molecule has 5 nitrogen and oxygen atoms in total. The van der Waals surface area contributed by atoms with Gasteiger partial charge in [0.25, 0.3) is 0 Å². The number of aryl methyl sites for hydroxylation is 2. The Labute approximate surface area is 207 Å². The number of amides is 1. The van der Waals surface area contributed by atoms with Crippen molar-refractivity contribution in [2.75, 3.05) is 11.9 Å². The van der Waals surface area contributed by atoms with Crippen molar-refractivity contribution in [3.63, 3.8) is 0 Å². The molecule has 1 aliphatic rings. The molecular formula is C30H33NO4. The highest BCUT2D eigenvalue weighted by Crippen LogP contribution is 2.44. The molecule has 0 saturated carbocycles. The first-order valence-corrected chi connectivity index (χ1v) is 12.2. The summed E-state index contributed by atoms with van der Waals surface area (Å²) in [5.74, 6) is -0.258. The molecule has 0 aliphatic heterocycles. The Morgan fingerprint density at radius 1 is 0.914 bits per heavy atom. The van der Waals surface area contributed by atoms with Crippen LogP contribution in [0.1, 0.15) is 62.3 Å². The molecule has 0 aromatic heterocycles. The first-order valence-electron chi connectivity index (χ1n) is 12.2. The molecule has 182 valence electrons. The lowest BCUT2D eigenvalue weighted by atomic mass is 9.98. The number of carbonyl (C=O) groups is 2. The second-order valence-corrected chi connectivity index (χ2v) is 9.88. The number of esters is 1. The van der Waals surface area contributed by atoms with Gasteiger partial charge < -0.3 is 9.47 Å². The van der Waals surface area contributed by atoms with Crippen LogP contribution in [0.15, 0.2) is 66.7 Å². The van der Waals surface area contributed by atoms with E-state index in [1.165, 1.54) is 22.3 Å². The van der Waals surface area contributed by atoms with Gasteiger partial charge in [0, 0.05) is 18.0 Å². The van der Waals surface area contributed by atoms with E-state index in [2.05, 4.69) is 36.5 Å². The maximum atomic E-state index is 12.8. The average Bonchev–Trinajstić information content (AvgIpc) is 3.14. The van der Waals surface area contributed by atoms with Gasteiger partial charge in [-0.05, 0) is 73.1 Å². The standard InChI is InChI=1S/C30H33NO4/c1-5-20-14-15-21(16-17-28(32)35-30(2,3)4)27(18-20)31-29(33)34-19-26-24-12-8-6-10-22(24)23-11-7-9-13-25(23)26/h6-15,18,26H,5,16-17,19H2,1-4H3,(H,31,33). The van der Waals surface area contributed by atoms with Crippen LogP contribution in [0, 0.1) is 0 Å². The summed E-state index contributed by atoms with van der Waals surface area (Å²) in [6, 6.07) is 22.5. The van der Waals surface area contributed by atoms with Crippen molar-refractivity contribution in [3.05, 3.63) is 89.0 Å². The minimum Gasteiger partial charge on any atom is -0.460 e. The van der Waals surface area contributed by atoms with Crippen LogP contribution in [0.3, 0.4) is 0 Å². The molecule has 1 N–H and O–H groups in total. The number of ether oxygens (including phenoxy) is 2. The van der Waals surface area contributed by atoms with Gasteiger partial charge in [0.2, 0.25) is 0 Å². The normalized spacial score (nSPS) is 12.6. The number of anilines is 1. The molecule has 0 radical (unpaired) electrons. The highest BCUT2D eigenvalue weighted by Gasteiger charge is 2.29. The smallest absolute Gasteiger partial charge is 0.411 e. The molecule has 3 aromatic carbocycles. The van der Waals surface area contributed by atoms with Crippen molar-refractivity contribution >= 4 is 17.7 Å². The summed E-state index contributed by atoms with van der Waals surface area (Å²) < 4.78 is 11.1. The van der Waals surface area contributed by atoms with Crippen LogP contribution in [0.4, 0.5) is 10.5 Å². The van der Waals surface area contributed by atoms with Crippen molar-refractivity contribution in [1.82, 2.24) is 0 Å². The molecule has 35 heavy (non-hydrogen) atoms. The summed E-state index contributed by atoms with van der Waals surface area (Å²) >= 11 is 0. The van der Waals surface area contributed by atoms with Gasteiger partial charge in [0.1, 0.15) is 12.2 Å². The third-order valence-corrected chi connectivity index (χ3v) is 6.18. The van der Waals surface area contributed by atoms with Gasteiger partial charge in [-0.15, -0.1) is 0 Å². The monoisotopic (exact) mass is 471 g/mol. The van der Waals surface area contributed by atoms with Crippen LogP contribution >= 0.6 is 0 Å². The molecule has 0 unspecified atom stereocenters. The van der Waals surface area contributed by atoms with Gasteiger partial charge in [-0.1, -0.05) is 67.6 Å². The Morgan fingerprint density at radius 2 is 1.54 bits per heavy atom. The van der Waals surface area contributed by atoms with Gasteiger partial charge in [-0.25, -0.2) is 4.79 Å². The average molecular weight is 472 g/mol. The van der Waals surface area contributed by atoms with Crippen LogP contribution in [0.5, 0.6) is 0 Å². The second-order valence-electron chi connectivity index (χ2n) is 9.88. The lowest BCUT2D eigenvalue weighted by Crippen LogP contribution is -2.24. The number of fused-ring (bicyclic) bond motifs is 3. The van der Waals surface area contributed by atoms with Gasteiger partial charge in [0.05, 0.1) is 0 Å². The van der Waals surface area contributed by atoms with E-state index >= 15 is 0 Å². The number of nitrogens with one attached hydrogen (secondary N) is 1. The quantitative estimate of drug-likeness (QED) is 0.381. The lowest BCUT2D eigenvalue weighted by Gasteiger charge is -2.20. The SMILES string of the molecule is CCc1ccc(CCC(=O)OC(C)(C)C)c(NC(=O)OCC2c3ccccc3-c3ccccc32)c1. The molecule has 0 heterocycles. The van der Waals surface area contributed by atoms with E-state index in [4.69, 9.17) is 9.47 Å². The zero-order valence-corrected chi connectivity index (χ0v) is 20.9. The van der Waals surface area contributed by atoms with E-state index in [0.717, 1.165) is 17.5 Å². The Morgan fingerprint density at radius 3 is 2.14 bits per heavy atom. The molecule has 0 bridgehead atoms. The first kappa shape index (κ1) is 24.5. The fraction of sp³-hybridized carbons (Fsp3) is 0.333. The highest BCUT2D eigenvalue weighted by atomic mass is 16.6. The minimum absolute atomic E-state index is 0.00163. The van der Waals surface area contributed by atoms with Crippen molar-refractivity contribution in [2.45, 2.75) is 58.5 Å². The van der Waals surface area contributed by atoms with Crippen LogP contribution in [0.25, 0.3) is 11.1 Å². The predicted octanol–water partition coefficient (Wildman–Crippen LogP) is 6.88. The number of carbonyl (C=O) groups excluding carboxylic acids is 2. The number of rotatable bonds is 7. The number of benzene rings is 3. The Balaban J connectivity index is 1.44. The molecule has 1 aliphatic carbocycles. The van der Waals surface area contributed by atoms with Crippen LogP contribution in [-0.2, 0) is 27.1 Å². The van der Waals surface area contributed by atoms with Crippen LogP contribution < -0.4 is 5.32 Å². The molecule has 0 atom stereocenters. The van der Waals surface area contributed by atoms with Crippen LogP contribution in [0.2, 0.25) is 0 Å². The van der Waals surface area contributed by atoms with E-state index in [0.29, 0.717) is 12.1 Å². The van der Waals surface area contributed by atoms with Crippen molar-refractivity contribution in [3.8, 4) is 11.1 Å². The molecule has 5 heteroatoms. The van der Waals surface area contributed by atoms with Gasteiger partial charge in [0.15, 0.2) is 0 Å². The zero-order chi connectivity index (χ0) is 25.0. The summed E-state index contributed by atoms with van der Waals surface area (Å²) in [5, 5.41) is 2.92. The molecule has 4 rings (SSSR count). The Hall–Kier alpha value is -3.60. The van der Waals surface area contributed by atoms with E-state index in [9.17, 15) is 9.59 Å². The highest BCUT2D eigenvalue weighted by molar-refractivity contribution is 5.86. The fourth-order valence-corrected chi connectivity index (χ4v) is 4.55. The Kier molecular flexibility index (Phi) is 7.25. The van der Waals surface area contributed by atoms with Gasteiger partial charge in [-0.2, -0.15) is 0 Å². The summed E-state index contributed by atoms with van der Waals surface area (Å²) in [5.41, 5.74) is 6.85. The summed E-state index contributed by atoms with van der Waals surface area (Å²) in [7, 11) is 0. The van der Waals surface area contributed by atoms with E-state index in [-0.39, 0.29) is 24.9 Å². The minimum atomic E-state index is -0.522. The van der Waals surface area contributed by atoms with E-state index in [1.807, 2.05) is 63.2 Å². The fourth-order valence-electron chi connectivity index (χ4n) is 4.55. The molecule has 1 amide bonds. The molecule has 0 spiro atoms. The Bertz CT molecular complexity index is 1180. The third-order valence-electron chi connectivity index (χ3n) is 6.18. The van der Waals surface area contributed by atoms with E-state index in [1.54, 1.807) is 0 Å². The van der Waals surface area contributed by atoms with Crippen LogP contribution in [-0.4, -0.2) is 24.3 Å². The second kappa shape index (κ2) is 10.3. The molecular weight excluding hydrogens is 438 g/mol. The molecule has 0 fully saturated rings. The largest absolute Gasteiger partial charge is 0.460 e. The molecule has 0 saturated heterocycles. The van der Waals surface area contributed by atoms with E-state index < -0.39 is 11.7 Å². The number of hydrogen-bond acceptors (Lipinski definition) is 4. The number of hydrogen-bond donors (Lipinski definition) is 1. The van der Waals surface area contributed by atoms with Crippen molar-refractivity contribution < 1.29 is 19.1 Å². The topological polar surface area (TPSA) is 64.6 Å². The first-order chi connectivity index (χ1) is 16.7. The van der Waals surface area contributed by atoms with Crippen molar-refractivity contribution in [2.24, 2.45) is 0 Å². The summed E-state index contributed by atoms with van der Waals surface area (Å²) in [4.78, 5) is 25.1. The van der Waals surface area contributed by atoms with Gasteiger partial charge >= 0.3 is 12.1 Å². The molecule has 3 aromatic rings. The predicted molar refractivity (Wildman–Crippen MR) is 139 cm³/mol. The maximum absolute atomic E-state index is 12.8. The summed E-state index contributed by atoms with van der Waals surface area (Å²) in [6.07, 6.45) is 1.05. The third kappa shape index (κ3) is 5.91. The zero-order valence-electron chi connectivity index (χ0n) is 20.9.